The normalized spacial score (nSPS) is 11.5. The molecule has 146 valence electrons. The molecule has 6 heteroatoms. The van der Waals surface area contributed by atoms with E-state index >= 15 is 0 Å². The molecule has 0 fully saturated rings. The first-order chi connectivity index (χ1) is 13.1. The van der Waals surface area contributed by atoms with Crippen molar-refractivity contribution in [1.29, 1.82) is 0 Å². The number of carbonyl (C=O) groups excluding carboxylic acids is 2. The van der Waals surface area contributed by atoms with Crippen LogP contribution in [-0.2, 0) is 0 Å². The molecule has 6 nitrogen and oxygen atoms in total. The van der Waals surface area contributed by atoms with Crippen LogP contribution in [0.1, 0.15) is 58.6 Å². The number of pyridine rings is 1. The smallest absolute Gasteiger partial charge is 0.292 e. The van der Waals surface area contributed by atoms with Crippen LogP contribution < -0.4 is 10.6 Å². The number of rotatable bonds is 3. The molecule has 0 saturated carbocycles. The first-order valence-electron chi connectivity index (χ1n) is 9.25. The number of anilines is 1. The molecular weight excluding hydrogens is 352 g/mol. The molecule has 0 saturated heterocycles. The molecule has 0 unspecified atom stereocenters. The van der Waals surface area contributed by atoms with Crippen LogP contribution in [0.2, 0.25) is 0 Å². The van der Waals surface area contributed by atoms with Gasteiger partial charge in [-0.05, 0) is 64.8 Å². The van der Waals surface area contributed by atoms with Crippen LogP contribution in [0.3, 0.4) is 0 Å². The lowest BCUT2D eigenvalue weighted by Gasteiger charge is -2.19. The van der Waals surface area contributed by atoms with E-state index < -0.39 is 5.54 Å². The van der Waals surface area contributed by atoms with Gasteiger partial charge in [0, 0.05) is 17.4 Å². The molecule has 2 N–H and O–H groups in total. The lowest BCUT2D eigenvalue weighted by Crippen LogP contribution is -2.40. The second-order valence-electron chi connectivity index (χ2n) is 8.17. The van der Waals surface area contributed by atoms with Crippen molar-refractivity contribution in [2.24, 2.45) is 0 Å². The Labute approximate surface area is 165 Å². The van der Waals surface area contributed by atoms with E-state index in [9.17, 15) is 9.59 Å². The van der Waals surface area contributed by atoms with Crippen molar-refractivity contribution in [3.8, 4) is 0 Å². The third-order valence-corrected chi connectivity index (χ3v) is 4.37. The molecular formula is C22H26N4O2. The van der Waals surface area contributed by atoms with E-state index in [2.05, 4.69) is 15.6 Å². The Morgan fingerprint density at radius 3 is 2.25 bits per heavy atom. The van der Waals surface area contributed by atoms with Crippen LogP contribution >= 0.6 is 0 Å². The Morgan fingerprint density at radius 1 is 1.00 bits per heavy atom. The van der Waals surface area contributed by atoms with Crippen molar-refractivity contribution < 1.29 is 9.59 Å². The first-order valence-corrected chi connectivity index (χ1v) is 9.25. The van der Waals surface area contributed by atoms with Gasteiger partial charge in [0.25, 0.3) is 11.8 Å². The zero-order valence-corrected chi connectivity index (χ0v) is 17.2. The second kappa shape index (κ2) is 7.11. The van der Waals surface area contributed by atoms with Gasteiger partial charge in [-0.15, -0.1) is 0 Å². The predicted octanol–water partition coefficient (Wildman–Crippen LogP) is 4.04. The standard InChI is InChI=1S/C22H26N4O2/c1-13-11-14(2)17(15(3)12-13)24-21(28)19-23-18(20(27)25-22(4,5)6)16-9-7-8-10-26(16)19/h7-12H,1-6H3,(H,24,28)(H,25,27). The summed E-state index contributed by atoms with van der Waals surface area (Å²) in [5.74, 6) is -0.488. The van der Waals surface area contributed by atoms with Gasteiger partial charge in [0.1, 0.15) is 0 Å². The fourth-order valence-electron chi connectivity index (χ4n) is 3.31. The van der Waals surface area contributed by atoms with Crippen LogP contribution in [0.25, 0.3) is 5.52 Å². The summed E-state index contributed by atoms with van der Waals surface area (Å²) in [4.78, 5) is 30.1. The maximum atomic E-state index is 13.0. The number of carbonyl (C=O) groups is 2. The van der Waals surface area contributed by atoms with Gasteiger partial charge in [-0.1, -0.05) is 23.8 Å². The average molecular weight is 378 g/mol. The van der Waals surface area contributed by atoms with Crippen LogP contribution in [0.5, 0.6) is 0 Å². The summed E-state index contributed by atoms with van der Waals surface area (Å²) in [6.07, 6.45) is 1.74. The summed E-state index contributed by atoms with van der Waals surface area (Å²) < 4.78 is 1.64. The van der Waals surface area contributed by atoms with E-state index in [0.29, 0.717) is 5.52 Å². The topological polar surface area (TPSA) is 75.5 Å². The minimum Gasteiger partial charge on any atom is -0.346 e. The highest BCUT2D eigenvalue weighted by Crippen LogP contribution is 2.23. The highest BCUT2D eigenvalue weighted by molar-refractivity contribution is 6.06. The summed E-state index contributed by atoms with van der Waals surface area (Å²) in [6, 6.07) is 9.45. The molecule has 0 aliphatic rings. The van der Waals surface area contributed by atoms with E-state index in [0.717, 1.165) is 22.4 Å². The number of aromatic nitrogens is 2. The molecule has 0 atom stereocenters. The molecule has 3 rings (SSSR count). The summed E-state index contributed by atoms with van der Waals surface area (Å²) in [7, 11) is 0. The van der Waals surface area contributed by atoms with Gasteiger partial charge in [0.05, 0.1) is 5.52 Å². The van der Waals surface area contributed by atoms with Gasteiger partial charge in [0.15, 0.2) is 5.69 Å². The van der Waals surface area contributed by atoms with Gasteiger partial charge in [0.2, 0.25) is 5.82 Å². The minimum atomic E-state index is -0.402. The number of imidazole rings is 1. The Morgan fingerprint density at radius 2 is 1.64 bits per heavy atom. The van der Waals surface area contributed by atoms with E-state index in [1.807, 2.05) is 59.7 Å². The largest absolute Gasteiger partial charge is 0.346 e. The van der Waals surface area contributed by atoms with Crippen molar-refractivity contribution in [2.75, 3.05) is 5.32 Å². The molecule has 3 aromatic rings. The van der Waals surface area contributed by atoms with Crippen LogP contribution in [0.15, 0.2) is 36.5 Å². The van der Waals surface area contributed by atoms with Crippen molar-refractivity contribution in [3.05, 3.63) is 64.7 Å². The molecule has 0 radical (unpaired) electrons. The molecule has 0 spiro atoms. The lowest BCUT2D eigenvalue weighted by atomic mass is 10.1. The predicted molar refractivity (Wildman–Crippen MR) is 111 cm³/mol. The summed E-state index contributed by atoms with van der Waals surface area (Å²) in [5.41, 5.74) is 4.30. The average Bonchev–Trinajstić information content (AvgIpc) is 2.96. The summed E-state index contributed by atoms with van der Waals surface area (Å²) in [5, 5.41) is 5.87. The van der Waals surface area contributed by atoms with Crippen molar-refractivity contribution in [3.63, 3.8) is 0 Å². The fraction of sp³-hybridized carbons (Fsp3) is 0.318. The third kappa shape index (κ3) is 3.91. The fourth-order valence-corrected chi connectivity index (χ4v) is 3.31. The zero-order chi connectivity index (χ0) is 20.6. The maximum Gasteiger partial charge on any atom is 0.292 e. The molecule has 28 heavy (non-hydrogen) atoms. The number of aryl methyl sites for hydroxylation is 3. The first kappa shape index (κ1) is 19.6. The van der Waals surface area contributed by atoms with Gasteiger partial charge in [-0.3, -0.25) is 14.0 Å². The minimum absolute atomic E-state index is 0.175. The molecule has 2 aromatic heterocycles. The molecule has 2 heterocycles. The third-order valence-electron chi connectivity index (χ3n) is 4.37. The maximum absolute atomic E-state index is 13.0. The molecule has 2 amide bonds. The van der Waals surface area contributed by atoms with Gasteiger partial charge < -0.3 is 10.6 Å². The van der Waals surface area contributed by atoms with Gasteiger partial charge in [-0.25, -0.2) is 4.98 Å². The van der Waals surface area contributed by atoms with Crippen LogP contribution in [-0.4, -0.2) is 26.7 Å². The van der Waals surface area contributed by atoms with E-state index in [4.69, 9.17) is 0 Å². The van der Waals surface area contributed by atoms with Crippen molar-refractivity contribution >= 4 is 23.0 Å². The van der Waals surface area contributed by atoms with Crippen molar-refractivity contribution in [2.45, 2.75) is 47.1 Å². The zero-order valence-electron chi connectivity index (χ0n) is 17.2. The number of benzene rings is 1. The van der Waals surface area contributed by atoms with E-state index in [1.54, 1.807) is 22.7 Å². The molecule has 0 bridgehead atoms. The Bertz CT molecular complexity index is 1050. The van der Waals surface area contributed by atoms with Crippen LogP contribution in [0.4, 0.5) is 5.69 Å². The summed E-state index contributed by atoms with van der Waals surface area (Å²) in [6.45, 7) is 11.6. The highest BCUT2D eigenvalue weighted by Gasteiger charge is 2.24. The number of fused-ring (bicyclic) bond motifs is 1. The Kier molecular flexibility index (Phi) is 4.98. The molecule has 0 aliphatic carbocycles. The Hall–Kier alpha value is -3.15. The number of hydrogen-bond donors (Lipinski definition) is 2. The summed E-state index contributed by atoms with van der Waals surface area (Å²) >= 11 is 0. The molecule has 1 aromatic carbocycles. The SMILES string of the molecule is Cc1cc(C)c(NC(=O)c2nc(C(=O)NC(C)(C)C)c3ccccn23)c(C)c1. The quantitative estimate of drug-likeness (QED) is 0.722. The second-order valence-corrected chi connectivity index (χ2v) is 8.17. The number of amides is 2. The van der Waals surface area contributed by atoms with E-state index in [-0.39, 0.29) is 23.3 Å². The van der Waals surface area contributed by atoms with E-state index in [1.165, 1.54) is 0 Å². The number of hydrogen-bond acceptors (Lipinski definition) is 3. The molecule has 0 aliphatic heterocycles. The van der Waals surface area contributed by atoms with Crippen LogP contribution in [0, 0.1) is 20.8 Å². The van der Waals surface area contributed by atoms with Gasteiger partial charge in [-0.2, -0.15) is 0 Å². The van der Waals surface area contributed by atoms with Gasteiger partial charge >= 0.3 is 0 Å². The monoisotopic (exact) mass is 378 g/mol. The number of nitrogens with zero attached hydrogens (tertiary/aromatic N) is 2. The highest BCUT2D eigenvalue weighted by atomic mass is 16.2. The Balaban J connectivity index is 2.02. The number of nitrogens with one attached hydrogen (secondary N) is 2. The van der Waals surface area contributed by atoms with Crippen molar-refractivity contribution in [1.82, 2.24) is 14.7 Å². The lowest BCUT2D eigenvalue weighted by molar-refractivity contribution is 0.0916.